The van der Waals surface area contributed by atoms with E-state index in [0.29, 0.717) is 6.42 Å². The van der Waals surface area contributed by atoms with Gasteiger partial charge in [-0.3, -0.25) is 0 Å². The molecule has 0 spiro atoms. The van der Waals surface area contributed by atoms with E-state index in [1.54, 1.807) is 0 Å². The molecule has 0 radical (unpaired) electrons. The summed E-state index contributed by atoms with van der Waals surface area (Å²) >= 11 is 0. The monoisotopic (exact) mass is 429 g/mol. The van der Waals surface area contributed by atoms with Gasteiger partial charge in [-0.15, -0.1) is 0 Å². The molecule has 0 bridgehead atoms. The molecule has 1 aromatic heterocycles. The summed E-state index contributed by atoms with van der Waals surface area (Å²) in [5.41, 5.74) is -0.709. The molecular formula is C21H27F4N3O2. The second-order valence-corrected chi connectivity index (χ2v) is 7.57. The highest BCUT2D eigenvalue weighted by atomic mass is 19.4. The first-order valence-electron chi connectivity index (χ1n) is 10.4. The maximum absolute atomic E-state index is 13.6. The molecule has 3 rings (SSSR count). The molecule has 2 heterocycles. The summed E-state index contributed by atoms with van der Waals surface area (Å²) in [4.78, 5) is 4.15. The second kappa shape index (κ2) is 10.2. The lowest BCUT2D eigenvalue weighted by molar-refractivity contribution is -0.138. The first-order chi connectivity index (χ1) is 14.4. The van der Waals surface area contributed by atoms with Gasteiger partial charge in [0.2, 0.25) is 11.7 Å². The minimum absolute atomic E-state index is 0.0297. The summed E-state index contributed by atoms with van der Waals surface area (Å²) in [6.45, 7) is 2.55. The molecule has 0 amide bonds. The number of hydrogen-bond donors (Lipinski definition) is 1. The van der Waals surface area contributed by atoms with Crippen LogP contribution in [-0.2, 0) is 6.18 Å². The van der Waals surface area contributed by atoms with Crippen LogP contribution >= 0.6 is 0 Å². The predicted molar refractivity (Wildman–Crippen MR) is 104 cm³/mol. The number of alkyl halides is 4. The number of aromatic nitrogens is 2. The smallest absolute Gasteiger partial charge is 0.419 e. The van der Waals surface area contributed by atoms with Crippen molar-refractivity contribution < 1.29 is 26.8 Å². The summed E-state index contributed by atoms with van der Waals surface area (Å²) in [5, 5.41) is 6.67. The number of ether oxygens (including phenoxy) is 1. The van der Waals surface area contributed by atoms with Crippen LogP contribution in [0, 0.1) is 0 Å². The number of nitrogens with one attached hydrogen (secondary N) is 1. The molecule has 1 aliphatic heterocycles. The first-order valence-corrected chi connectivity index (χ1v) is 10.4. The van der Waals surface area contributed by atoms with Crippen molar-refractivity contribution >= 4 is 0 Å². The molecule has 1 aromatic carbocycles. The van der Waals surface area contributed by atoms with Gasteiger partial charge >= 0.3 is 6.18 Å². The van der Waals surface area contributed by atoms with Gasteiger partial charge in [0, 0.05) is 18.5 Å². The van der Waals surface area contributed by atoms with Crippen LogP contribution < -0.4 is 10.1 Å². The van der Waals surface area contributed by atoms with E-state index in [9.17, 15) is 17.6 Å². The maximum atomic E-state index is 13.6. The first kappa shape index (κ1) is 22.5. The van der Waals surface area contributed by atoms with Crippen molar-refractivity contribution in [2.24, 2.45) is 0 Å². The topological polar surface area (TPSA) is 60.2 Å². The van der Waals surface area contributed by atoms with Gasteiger partial charge in [-0.05, 0) is 24.6 Å². The molecule has 1 N–H and O–H groups in total. The molecule has 30 heavy (non-hydrogen) atoms. The fraction of sp³-hybridized carbons (Fsp3) is 0.619. The van der Waals surface area contributed by atoms with Gasteiger partial charge in [0.15, 0.2) is 0 Å². The standard InChI is InChI=1S/C21H27F4N3O2/c1-2-3-4-5-6-7-10-29-18-9-8-14(11-16(18)21(23,24)25)19-27-20(30-28-19)17-12-15(22)13-26-17/h8-9,11,15,17,26H,2-7,10,12-13H2,1H3/t15-,17-/m0/s1. The minimum Gasteiger partial charge on any atom is -0.493 e. The lowest BCUT2D eigenvalue weighted by Crippen LogP contribution is -2.14. The van der Waals surface area contributed by atoms with Crippen molar-refractivity contribution in [3.63, 3.8) is 0 Å². The van der Waals surface area contributed by atoms with E-state index in [2.05, 4.69) is 22.4 Å². The lowest BCUT2D eigenvalue weighted by Gasteiger charge is -2.14. The van der Waals surface area contributed by atoms with Gasteiger partial charge in [-0.1, -0.05) is 44.2 Å². The average Bonchev–Trinajstić information content (AvgIpc) is 3.36. The second-order valence-electron chi connectivity index (χ2n) is 7.57. The van der Waals surface area contributed by atoms with Gasteiger partial charge < -0.3 is 14.6 Å². The van der Waals surface area contributed by atoms with E-state index in [1.807, 2.05) is 0 Å². The highest BCUT2D eigenvalue weighted by Crippen LogP contribution is 2.38. The Morgan fingerprint density at radius 2 is 1.93 bits per heavy atom. The van der Waals surface area contributed by atoms with Crippen LogP contribution in [0.1, 0.15) is 69.4 Å². The third-order valence-electron chi connectivity index (χ3n) is 5.12. The Morgan fingerprint density at radius 1 is 1.17 bits per heavy atom. The SMILES string of the molecule is CCCCCCCCOc1ccc(-c2noc([C@@H]3C[C@H](F)CN3)n2)cc1C(F)(F)F. The van der Waals surface area contributed by atoms with E-state index in [0.717, 1.165) is 31.7 Å². The molecule has 5 nitrogen and oxygen atoms in total. The van der Waals surface area contributed by atoms with Crippen molar-refractivity contribution in [3.8, 4) is 17.1 Å². The van der Waals surface area contributed by atoms with E-state index in [4.69, 9.17) is 9.26 Å². The van der Waals surface area contributed by atoms with Crippen LogP contribution in [0.4, 0.5) is 17.6 Å². The van der Waals surface area contributed by atoms with Gasteiger partial charge in [-0.2, -0.15) is 18.2 Å². The fourth-order valence-electron chi connectivity index (χ4n) is 3.46. The van der Waals surface area contributed by atoms with Crippen LogP contribution in [-0.4, -0.2) is 29.5 Å². The summed E-state index contributed by atoms with van der Waals surface area (Å²) in [5.74, 6) is -0.00884. The molecule has 0 aliphatic carbocycles. The number of benzene rings is 1. The third-order valence-corrected chi connectivity index (χ3v) is 5.12. The minimum atomic E-state index is -4.58. The van der Waals surface area contributed by atoms with Crippen molar-refractivity contribution in [2.45, 2.75) is 70.3 Å². The number of unbranched alkanes of at least 4 members (excludes halogenated alkanes) is 5. The Hall–Kier alpha value is -2.16. The van der Waals surface area contributed by atoms with E-state index in [-0.39, 0.29) is 42.6 Å². The zero-order valence-corrected chi connectivity index (χ0v) is 17.0. The van der Waals surface area contributed by atoms with Crippen LogP contribution in [0.3, 0.4) is 0 Å². The number of nitrogens with zero attached hydrogens (tertiary/aromatic N) is 2. The molecule has 166 valence electrons. The Balaban J connectivity index is 1.66. The number of halogens is 4. The van der Waals surface area contributed by atoms with Crippen molar-refractivity contribution in [3.05, 3.63) is 29.7 Å². The quantitative estimate of drug-likeness (QED) is 0.378. The number of hydrogen-bond acceptors (Lipinski definition) is 5. The molecule has 0 saturated carbocycles. The highest BCUT2D eigenvalue weighted by Gasteiger charge is 2.35. The Kier molecular flexibility index (Phi) is 7.69. The molecular weight excluding hydrogens is 402 g/mol. The fourth-order valence-corrected chi connectivity index (χ4v) is 3.46. The van der Waals surface area contributed by atoms with Gasteiger partial charge in [0.1, 0.15) is 11.9 Å². The molecule has 2 aromatic rings. The largest absolute Gasteiger partial charge is 0.493 e. The average molecular weight is 429 g/mol. The highest BCUT2D eigenvalue weighted by molar-refractivity contribution is 5.59. The normalized spacial score (nSPS) is 19.4. The molecule has 9 heteroatoms. The zero-order chi connectivity index (χ0) is 21.6. The molecule has 1 saturated heterocycles. The van der Waals surface area contributed by atoms with E-state index >= 15 is 0 Å². The summed E-state index contributed by atoms with van der Waals surface area (Å²) in [6, 6.07) is 3.30. The van der Waals surface area contributed by atoms with E-state index in [1.165, 1.54) is 18.6 Å². The van der Waals surface area contributed by atoms with Crippen LogP contribution in [0.2, 0.25) is 0 Å². The Morgan fingerprint density at radius 3 is 2.63 bits per heavy atom. The molecule has 1 aliphatic rings. The summed E-state index contributed by atoms with van der Waals surface area (Å²) in [6.07, 6.45) is 0.756. The lowest BCUT2D eigenvalue weighted by atomic mass is 10.1. The van der Waals surface area contributed by atoms with Crippen LogP contribution in [0.25, 0.3) is 11.4 Å². The zero-order valence-electron chi connectivity index (χ0n) is 17.0. The molecule has 2 atom stereocenters. The molecule has 1 fully saturated rings. The summed E-state index contributed by atoms with van der Waals surface area (Å²) < 4.78 is 64.5. The van der Waals surface area contributed by atoms with Gasteiger partial charge in [0.05, 0.1) is 18.2 Å². The van der Waals surface area contributed by atoms with Crippen molar-refractivity contribution in [2.75, 3.05) is 13.2 Å². The Labute approximate surface area is 173 Å². The van der Waals surface area contributed by atoms with E-state index < -0.39 is 24.0 Å². The maximum Gasteiger partial charge on any atom is 0.419 e. The third kappa shape index (κ3) is 5.93. The predicted octanol–water partition coefficient (Wildman–Crippen LogP) is 5.87. The van der Waals surface area contributed by atoms with Crippen molar-refractivity contribution in [1.29, 1.82) is 0 Å². The number of rotatable bonds is 10. The van der Waals surface area contributed by atoms with Crippen LogP contribution in [0.15, 0.2) is 22.7 Å². The van der Waals surface area contributed by atoms with Crippen LogP contribution in [0.5, 0.6) is 5.75 Å². The van der Waals surface area contributed by atoms with Gasteiger partial charge in [0.25, 0.3) is 0 Å². The van der Waals surface area contributed by atoms with Gasteiger partial charge in [-0.25, -0.2) is 4.39 Å². The Bertz CT molecular complexity index is 810. The molecule has 0 unspecified atom stereocenters. The van der Waals surface area contributed by atoms with Crippen molar-refractivity contribution in [1.82, 2.24) is 15.5 Å². The summed E-state index contributed by atoms with van der Waals surface area (Å²) in [7, 11) is 0.